The van der Waals surface area contributed by atoms with Gasteiger partial charge >= 0.3 is 0 Å². The predicted octanol–water partition coefficient (Wildman–Crippen LogP) is 3.84. The Bertz CT molecular complexity index is 697. The van der Waals surface area contributed by atoms with Gasteiger partial charge in [-0.25, -0.2) is 0 Å². The summed E-state index contributed by atoms with van der Waals surface area (Å²) in [4.78, 5) is 12.4. The summed E-state index contributed by atoms with van der Waals surface area (Å²) >= 11 is 0. The van der Waals surface area contributed by atoms with E-state index in [-0.39, 0.29) is 11.2 Å². The third kappa shape index (κ3) is 1.77. The van der Waals surface area contributed by atoms with Crippen molar-refractivity contribution in [2.75, 3.05) is 7.11 Å². The Morgan fingerprint density at radius 3 is 2.59 bits per heavy atom. The number of phenols is 1. The Balaban J connectivity index is 2.25. The zero-order chi connectivity index (χ0) is 16.3. The Labute approximate surface area is 132 Å². The van der Waals surface area contributed by atoms with Crippen molar-refractivity contribution in [3.63, 3.8) is 0 Å². The second-order valence-corrected chi connectivity index (χ2v) is 7.28. The van der Waals surface area contributed by atoms with Crippen LogP contribution in [0.1, 0.15) is 50.3 Å². The van der Waals surface area contributed by atoms with Gasteiger partial charge in [-0.15, -0.1) is 0 Å². The quantitative estimate of drug-likeness (QED) is 0.802. The molecule has 1 N–H and O–H groups in total. The first kappa shape index (κ1) is 15.1. The third-order valence-electron chi connectivity index (χ3n) is 5.78. The van der Waals surface area contributed by atoms with Crippen LogP contribution in [0.4, 0.5) is 0 Å². The lowest BCUT2D eigenvalue weighted by Crippen LogP contribution is -2.45. The molecule has 0 aliphatic heterocycles. The molecule has 3 rings (SSSR count). The molecule has 118 valence electrons. The average molecular weight is 300 g/mol. The van der Waals surface area contributed by atoms with Gasteiger partial charge in [0.25, 0.3) is 0 Å². The number of carbonyl (C=O) groups excluding carboxylic acids is 1. The standard InChI is InChI=1S/C19H24O3/c1-11-12-6-7-15-18(2,3)16(20)8-9-19(15,4)13(12)10-14(22-5)17(11)21/h7,10,21H,6,8-9H2,1-5H3. The fourth-order valence-corrected chi connectivity index (χ4v) is 4.34. The number of Topliss-reactive ketones (excluding diaryl/α,β-unsaturated/α-hetero) is 1. The van der Waals surface area contributed by atoms with Crippen LogP contribution in [0.2, 0.25) is 0 Å². The molecular weight excluding hydrogens is 276 g/mol. The minimum Gasteiger partial charge on any atom is -0.504 e. The summed E-state index contributed by atoms with van der Waals surface area (Å²) in [6.07, 6.45) is 4.39. The molecule has 1 aromatic carbocycles. The summed E-state index contributed by atoms with van der Waals surface area (Å²) in [5, 5.41) is 10.3. The van der Waals surface area contributed by atoms with Gasteiger partial charge in [-0.2, -0.15) is 0 Å². The number of allylic oxidation sites excluding steroid dienone is 2. The topological polar surface area (TPSA) is 46.5 Å². The van der Waals surface area contributed by atoms with Crippen LogP contribution in [0.25, 0.3) is 0 Å². The molecule has 1 unspecified atom stereocenters. The lowest BCUT2D eigenvalue weighted by Gasteiger charge is -2.48. The second-order valence-electron chi connectivity index (χ2n) is 7.28. The van der Waals surface area contributed by atoms with E-state index >= 15 is 0 Å². The highest BCUT2D eigenvalue weighted by Gasteiger charge is 2.49. The highest BCUT2D eigenvalue weighted by molar-refractivity contribution is 5.90. The first-order valence-electron chi connectivity index (χ1n) is 7.88. The van der Waals surface area contributed by atoms with Gasteiger partial charge in [0.2, 0.25) is 0 Å². The van der Waals surface area contributed by atoms with Crippen LogP contribution in [-0.2, 0) is 16.6 Å². The lowest BCUT2D eigenvalue weighted by molar-refractivity contribution is -0.127. The van der Waals surface area contributed by atoms with Gasteiger partial charge in [-0.1, -0.05) is 18.6 Å². The van der Waals surface area contributed by atoms with E-state index in [9.17, 15) is 9.90 Å². The van der Waals surface area contributed by atoms with E-state index in [1.807, 2.05) is 26.8 Å². The van der Waals surface area contributed by atoms with E-state index < -0.39 is 5.41 Å². The van der Waals surface area contributed by atoms with Gasteiger partial charge in [-0.05, 0) is 56.4 Å². The van der Waals surface area contributed by atoms with Gasteiger partial charge in [0.05, 0.1) is 7.11 Å². The van der Waals surface area contributed by atoms with E-state index in [1.165, 1.54) is 16.7 Å². The van der Waals surface area contributed by atoms with Crippen molar-refractivity contribution in [2.24, 2.45) is 5.41 Å². The van der Waals surface area contributed by atoms with Crippen LogP contribution in [0.15, 0.2) is 17.7 Å². The number of ether oxygens (including phenoxy) is 1. The first-order chi connectivity index (χ1) is 10.2. The number of benzene rings is 1. The minimum atomic E-state index is -0.413. The van der Waals surface area contributed by atoms with Crippen molar-refractivity contribution in [1.29, 1.82) is 0 Å². The molecule has 3 heteroatoms. The summed E-state index contributed by atoms with van der Waals surface area (Å²) in [7, 11) is 1.58. The smallest absolute Gasteiger partial charge is 0.161 e. The molecule has 1 saturated carbocycles. The zero-order valence-electron chi connectivity index (χ0n) is 14.0. The zero-order valence-corrected chi connectivity index (χ0v) is 14.0. The van der Waals surface area contributed by atoms with Gasteiger partial charge in [0.1, 0.15) is 5.78 Å². The van der Waals surface area contributed by atoms with E-state index in [4.69, 9.17) is 4.74 Å². The first-order valence-corrected chi connectivity index (χ1v) is 7.88. The molecule has 2 aliphatic carbocycles. The van der Waals surface area contributed by atoms with Crippen molar-refractivity contribution in [3.05, 3.63) is 34.4 Å². The van der Waals surface area contributed by atoms with Crippen LogP contribution >= 0.6 is 0 Å². The van der Waals surface area contributed by atoms with Crippen molar-refractivity contribution in [3.8, 4) is 11.5 Å². The molecule has 1 aromatic rings. The number of rotatable bonds is 1. The summed E-state index contributed by atoms with van der Waals surface area (Å²) in [6, 6.07) is 1.97. The van der Waals surface area contributed by atoms with E-state index in [0.717, 1.165) is 18.4 Å². The Hall–Kier alpha value is -1.77. The van der Waals surface area contributed by atoms with E-state index in [2.05, 4.69) is 13.0 Å². The molecule has 1 fully saturated rings. The van der Waals surface area contributed by atoms with Crippen LogP contribution in [0.5, 0.6) is 11.5 Å². The van der Waals surface area contributed by atoms with Crippen molar-refractivity contribution in [1.82, 2.24) is 0 Å². The van der Waals surface area contributed by atoms with Crippen molar-refractivity contribution >= 4 is 5.78 Å². The van der Waals surface area contributed by atoms with Gasteiger partial charge < -0.3 is 9.84 Å². The lowest BCUT2D eigenvalue weighted by atomic mass is 9.54. The normalized spacial score (nSPS) is 26.0. The van der Waals surface area contributed by atoms with Crippen LogP contribution in [0, 0.1) is 12.3 Å². The molecule has 0 heterocycles. The molecule has 0 radical (unpaired) electrons. The molecule has 3 nitrogen and oxygen atoms in total. The third-order valence-corrected chi connectivity index (χ3v) is 5.78. The summed E-state index contributed by atoms with van der Waals surface area (Å²) in [5.41, 5.74) is 3.92. The van der Waals surface area contributed by atoms with Crippen molar-refractivity contribution < 1.29 is 14.6 Å². The maximum Gasteiger partial charge on any atom is 0.161 e. The largest absolute Gasteiger partial charge is 0.504 e. The Morgan fingerprint density at radius 1 is 1.27 bits per heavy atom. The summed E-state index contributed by atoms with van der Waals surface area (Å²) < 4.78 is 5.35. The summed E-state index contributed by atoms with van der Waals surface area (Å²) in [6.45, 7) is 8.24. The number of ketones is 1. The van der Waals surface area contributed by atoms with E-state index in [0.29, 0.717) is 18.0 Å². The molecule has 0 aromatic heterocycles. The number of fused-ring (bicyclic) bond motifs is 3. The molecule has 0 bridgehead atoms. The molecule has 1 atom stereocenters. The fraction of sp³-hybridized carbons (Fsp3) is 0.526. The maximum atomic E-state index is 12.4. The predicted molar refractivity (Wildman–Crippen MR) is 86.6 cm³/mol. The highest BCUT2D eigenvalue weighted by atomic mass is 16.5. The molecular formula is C19H24O3. The van der Waals surface area contributed by atoms with Crippen LogP contribution in [0.3, 0.4) is 0 Å². The van der Waals surface area contributed by atoms with Gasteiger partial charge in [-0.3, -0.25) is 4.79 Å². The SMILES string of the molecule is COc1cc2c(c(C)c1O)CC=C1C(C)(C)C(=O)CCC12C. The number of carbonyl (C=O) groups is 1. The average Bonchev–Trinajstić information content (AvgIpc) is 2.47. The molecule has 0 amide bonds. The van der Waals surface area contributed by atoms with E-state index in [1.54, 1.807) is 7.11 Å². The molecule has 0 saturated heterocycles. The number of aromatic hydroxyl groups is 1. The highest BCUT2D eigenvalue weighted by Crippen LogP contribution is 2.55. The number of methoxy groups -OCH3 is 1. The molecule has 22 heavy (non-hydrogen) atoms. The Morgan fingerprint density at radius 2 is 1.95 bits per heavy atom. The van der Waals surface area contributed by atoms with Gasteiger partial charge in [0, 0.05) is 17.3 Å². The number of phenolic OH excluding ortho intramolecular Hbond substituents is 1. The van der Waals surface area contributed by atoms with Gasteiger partial charge in [0.15, 0.2) is 11.5 Å². The minimum absolute atomic E-state index is 0.156. The van der Waals surface area contributed by atoms with Crippen LogP contribution in [-0.4, -0.2) is 18.0 Å². The monoisotopic (exact) mass is 300 g/mol. The fourth-order valence-electron chi connectivity index (χ4n) is 4.34. The van der Waals surface area contributed by atoms with Crippen molar-refractivity contribution in [2.45, 2.75) is 52.4 Å². The summed E-state index contributed by atoms with van der Waals surface area (Å²) in [5.74, 6) is 1.07. The Kier molecular flexibility index (Phi) is 3.17. The molecule has 2 aliphatic rings. The maximum absolute atomic E-state index is 12.4. The number of hydrogen-bond acceptors (Lipinski definition) is 3. The molecule has 0 spiro atoms. The van der Waals surface area contributed by atoms with Crippen LogP contribution < -0.4 is 4.74 Å². The number of hydrogen-bond donors (Lipinski definition) is 1. The second kappa shape index (κ2) is 4.61.